The van der Waals surface area contributed by atoms with Crippen LogP contribution >= 0.6 is 0 Å². The molecule has 1 heterocycles. The predicted octanol–water partition coefficient (Wildman–Crippen LogP) is 1.96. The number of esters is 1. The molecule has 0 amide bonds. The standard InChI is InChI=1S/C16H23NO4/c1-19-14-7-3-4-8-15(14)21-11-10-17-9-5-6-13(12-17)16(18)20-2/h3-4,7-8,13H,5-6,9-12H2,1-2H3/t13-/m0/s1. The van der Waals surface area contributed by atoms with E-state index in [2.05, 4.69) is 4.90 Å². The Bertz CT molecular complexity index is 463. The van der Waals surface area contributed by atoms with Crippen molar-refractivity contribution >= 4 is 5.97 Å². The zero-order valence-electron chi connectivity index (χ0n) is 12.7. The fourth-order valence-electron chi connectivity index (χ4n) is 2.64. The van der Waals surface area contributed by atoms with Gasteiger partial charge in [0.1, 0.15) is 6.61 Å². The van der Waals surface area contributed by atoms with Crippen LogP contribution in [0.25, 0.3) is 0 Å². The summed E-state index contributed by atoms with van der Waals surface area (Å²) in [7, 11) is 3.08. The van der Waals surface area contributed by atoms with Gasteiger partial charge in [0, 0.05) is 13.1 Å². The van der Waals surface area contributed by atoms with Crippen LogP contribution in [-0.2, 0) is 9.53 Å². The highest BCUT2D eigenvalue weighted by Crippen LogP contribution is 2.25. The fraction of sp³-hybridized carbons (Fsp3) is 0.562. The summed E-state index contributed by atoms with van der Waals surface area (Å²) in [6, 6.07) is 7.61. The van der Waals surface area contributed by atoms with Gasteiger partial charge in [-0.05, 0) is 31.5 Å². The van der Waals surface area contributed by atoms with E-state index < -0.39 is 0 Å². The van der Waals surface area contributed by atoms with Crippen molar-refractivity contribution in [2.24, 2.45) is 5.92 Å². The lowest BCUT2D eigenvalue weighted by molar-refractivity contribution is -0.147. The zero-order chi connectivity index (χ0) is 15.1. The van der Waals surface area contributed by atoms with Crippen molar-refractivity contribution < 1.29 is 19.0 Å². The summed E-state index contributed by atoms with van der Waals surface area (Å²) in [5, 5.41) is 0. The third kappa shape index (κ3) is 4.36. The lowest BCUT2D eigenvalue weighted by Gasteiger charge is -2.31. The molecular formula is C16H23NO4. The van der Waals surface area contributed by atoms with Gasteiger partial charge in [-0.1, -0.05) is 12.1 Å². The number of carbonyl (C=O) groups excluding carboxylic acids is 1. The Hall–Kier alpha value is -1.75. The molecule has 21 heavy (non-hydrogen) atoms. The lowest BCUT2D eigenvalue weighted by Crippen LogP contribution is -2.41. The van der Waals surface area contributed by atoms with Crippen LogP contribution in [-0.4, -0.2) is 51.3 Å². The van der Waals surface area contributed by atoms with Crippen molar-refractivity contribution in [3.63, 3.8) is 0 Å². The highest BCUT2D eigenvalue weighted by molar-refractivity contribution is 5.72. The van der Waals surface area contributed by atoms with Crippen LogP contribution < -0.4 is 9.47 Å². The Labute approximate surface area is 125 Å². The van der Waals surface area contributed by atoms with E-state index in [1.54, 1.807) is 7.11 Å². The topological polar surface area (TPSA) is 48.0 Å². The summed E-state index contributed by atoms with van der Waals surface area (Å²) in [5.41, 5.74) is 0. The third-order valence-corrected chi connectivity index (χ3v) is 3.77. The molecule has 0 aliphatic carbocycles. The van der Waals surface area contributed by atoms with Gasteiger partial charge in [0.25, 0.3) is 0 Å². The van der Waals surface area contributed by atoms with Crippen LogP contribution in [0.3, 0.4) is 0 Å². The number of methoxy groups -OCH3 is 2. The minimum atomic E-state index is -0.106. The van der Waals surface area contributed by atoms with E-state index in [4.69, 9.17) is 14.2 Å². The van der Waals surface area contributed by atoms with Gasteiger partial charge in [0.2, 0.25) is 0 Å². The van der Waals surface area contributed by atoms with Crippen molar-refractivity contribution in [3.8, 4) is 11.5 Å². The zero-order valence-corrected chi connectivity index (χ0v) is 12.7. The molecule has 2 rings (SSSR count). The highest BCUT2D eigenvalue weighted by Gasteiger charge is 2.26. The molecule has 0 aromatic heterocycles. The molecule has 1 aromatic rings. The number of piperidine rings is 1. The Kier molecular flexibility index (Phi) is 5.87. The first-order valence-corrected chi connectivity index (χ1v) is 7.30. The molecule has 116 valence electrons. The van der Waals surface area contributed by atoms with Gasteiger partial charge in [-0.3, -0.25) is 9.69 Å². The number of ether oxygens (including phenoxy) is 3. The molecule has 5 heteroatoms. The SMILES string of the molecule is COC(=O)[C@H]1CCCN(CCOc2ccccc2OC)C1. The molecular weight excluding hydrogens is 270 g/mol. The van der Waals surface area contributed by atoms with Crippen LogP contribution in [0.2, 0.25) is 0 Å². The average molecular weight is 293 g/mol. The van der Waals surface area contributed by atoms with Crippen LogP contribution in [0.4, 0.5) is 0 Å². The molecule has 1 aliphatic heterocycles. The van der Waals surface area contributed by atoms with Crippen molar-refractivity contribution in [2.75, 3.05) is 40.5 Å². The predicted molar refractivity (Wildman–Crippen MR) is 79.7 cm³/mol. The van der Waals surface area contributed by atoms with Crippen LogP contribution in [0, 0.1) is 5.92 Å². The number of benzene rings is 1. The van der Waals surface area contributed by atoms with Gasteiger partial charge in [-0.2, -0.15) is 0 Å². The monoisotopic (exact) mass is 293 g/mol. The Morgan fingerprint density at radius 3 is 2.76 bits per heavy atom. The molecule has 0 saturated carbocycles. The number of nitrogens with zero attached hydrogens (tertiary/aromatic N) is 1. The molecule has 5 nitrogen and oxygen atoms in total. The van der Waals surface area contributed by atoms with E-state index in [0.717, 1.165) is 44.0 Å². The van der Waals surface area contributed by atoms with E-state index in [9.17, 15) is 4.79 Å². The second-order valence-corrected chi connectivity index (χ2v) is 5.16. The van der Waals surface area contributed by atoms with Crippen molar-refractivity contribution in [2.45, 2.75) is 12.8 Å². The average Bonchev–Trinajstić information content (AvgIpc) is 2.55. The minimum Gasteiger partial charge on any atom is -0.493 e. The molecule has 1 saturated heterocycles. The van der Waals surface area contributed by atoms with Gasteiger partial charge in [0.15, 0.2) is 11.5 Å². The molecule has 0 radical (unpaired) electrons. The van der Waals surface area contributed by atoms with Gasteiger partial charge in [-0.25, -0.2) is 0 Å². The van der Waals surface area contributed by atoms with Gasteiger partial charge < -0.3 is 14.2 Å². The summed E-state index contributed by atoms with van der Waals surface area (Å²) in [6.45, 7) is 3.13. The first kappa shape index (κ1) is 15.6. The maximum absolute atomic E-state index is 11.6. The van der Waals surface area contributed by atoms with Gasteiger partial charge in [-0.15, -0.1) is 0 Å². The number of rotatable bonds is 6. The normalized spacial score (nSPS) is 19.0. The quantitative estimate of drug-likeness (QED) is 0.750. The van der Waals surface area contributed by atoms with Crippen LogP contribution in [0.15, 0.2) is 24.3 Å². The van der Waals surface area contributed by atoms with Crippen LogP contribution in [0.1, 0.15) is 12.8 Å². The first-order valence-electron chi connectivity index (χ1n) is 7.30. The van der Waals surface area contributed by atoms with Crippen molar-refractivity contribution in [1.82, 2.24) is 4.90 Å². The first-order chi connectivity index (χ1) is 10.2. The van der Waals surface area contributed by atoms with E-state index in [0.29, 0.717) is 6.61 Å². The fourth-order valence-corrected chi connectivity index (χ4v) is 2.64. The minimum absolute atomic E-state index is 0.00462. The Morgan fingerprint density at radius 2 is 2.05 bits per heavy atom. The second-order valence-electron chi connectivity index (χ2n) is 5.16. The van der Waals surface area contributed by atoms with E-state index in [-0.39, 0.29) is 11.9 Å². The summed E-state index contributed by atoms with van der Waals surface area (Å²) >= 11 is 0. The molecule has 0 spiro atoms. The number of para-hydroxylation sites is 2. The molecule has 1 atom stereocenters. The Balaban J connectivity index is 1.79. The van der Waals surface area contributed by atoms with Gasteiger partial charge in [0.05, 0.1) is 20.1 Å². The summed E-state index contributed by atoms with van der Waals surface area (Å²) in [6.07, 6.45) is 1.94. The summed E-state index contributed by atoms with van der Waals surface area (Å²) in [5.74, 6) is 1.38. The van der Waals surface area contributed by atoms with E-state index in [1.807, 2.05) is 24.3 Å². The van der Waals surface area contributed by atoms with E-state index >= 15 is 0 Å². The number of hydrogen-bond donors (Lipinski definition) is 0. The largest absolute Gasteiger partial charge is 0.493 e. The number of likely N-dealkylation sites (tertiary alicyclic amines) is 1. The molecule has 1 aliphatic rings. The van der Waals surface area contributed by atoms with E-state index in [1.165, 1.54) is 7.11 Å². The Morgan fingerprint density at radius 1 is 1.29 bits per heavy atom. The molecule has 1 aromatic carbocycles. The molecule has 0 unspecified atom stereocenters. The molecule has 1 fully saturated rings. The third-order valence-electron chi connectivity index (χ3n) is 3.77. The number of carbonyl (C=O) groups is 1. The van der Waals surface area contributed by atoms with Crippen molar-refractivity contribution in [3.05, 3.63) is 24.3 Å². The summed E-state index contributed by atoms with van der Waals surface area (Å²) in [4.78, 5) is 13.8. The van der Waals surface area contributed by atoms with Gasteiger partial charge >= 0.3 is 5.97 Å². The smallest absolute Gasteiger partial charge is 0.309 e. The second kappa shape index (κ2) is 7.88. The highest BCUT2D eigenvalue weighted by atomic mass is 16.5. The summed E-state index contributed by atoms with van der Waals surface area (Å²) < 4.78 is 15.8. The maximum atomic E-state index is 11.6. The molecule has 0 bridgehead atoms. The maximum Gasteiger partial charge on any atom is 0.309 e. The number of hydrogen-bond acceptors (Lipinski definition) is 5. The molecule has 0 N–H and O–H groups in total. The van der Waals surface area contributed by atoms with Crippen molar-refractivity contribution in [1.29, 1.82) is 0 Å². The van der Waals surface area contributed by atoms with Crippen LogP contribution in [0.5, 0.6) is 11.5 Å². The lowest BCUT2D eigenvalue weighted by atomic mass is 9.98.